The highest BCUT2D eigenvalue weighted by molar-refractivity contribution is 5.77. The van der Waals surface area contributed by atoms with Crippen LogP contribution in [0.1, 0.15) is 24.8 Å². The van der Waals surface area contributed by atoms with Gasteiger partial charge in [-0.3, -0.25) is 0 Å². The van der Waals surface area contributed by atoms with Gasteiger partial charge in [-0.05, 0) is 41.5 Å². The molecular formula is C15H14. The third-order valence-electron chi connectivity index (χ3n) is 3.27. The molecule has 0 bridgehead atoms. The molecule has 0 saturated heterocycles. The summed E-state index contributed by atoms with van der Waals surface area (Å²) < 4.78 is 0. The highest BCUT2D eigenvalue weighted by atomic mass is 14.2. The van der Waals surface area contributed by atoms with Crippen molar-refractivity contribution in [3.63, 3.8) is 0 Å². The van der Waals surface area contributed by atoms with Crippen LogP contribution in [0, 0.1) is 0 Å². The number of benzene rings is 1. The summed E-state index contributed by atoms with van der Waals surface area (Å²) >= 11 is 0. The van der Waals surface area contributed by atoms with Crippen molar-refractivity contribution >= 4 is 5.57 Å². The van der Waals surface area contributed by atoms with Gasteiger partial charge >= 0.3 is 0 Å². The van der Waals surface area contributed by atoms with E-state index in [0.29, 0.717) is 0 Å². The lowest BCUT2D eigenvalue weighted by Crippen LogP contribution is -1.88. The Morgan fingerprint density at radius 1 is 0.867 bits per heavy atom. The number of allylic oxidation sites excluding steroid dienone is 6. The number of rotatable bonds is 1. The lowest BCUT2D eigenvalue weighted by molar-refractivity contribution is 1.05. The van der Waals surface area contributed by atoms with Crippen molar-refractivity contribution in [1.29, 1.82) is 0 Å². The van der Waals surface area contributed by atoms with E-state index < -0.39 is 0 Å². The van der Waals surface area contributed by atoms with Gasteiger partial charge < -0.3 is 0 Å². The van der Waals surface area contributed by atoms with Gasteiger partial charge in [-0.15, -0.1) is 0 Å². The van der Waals surface area contributed by atoms with Gasteiger partial charge in [-0.2, -0.15) is 0 Å². The summed E-state index contributed by atoms with van der Waals surface area (Å²) in [5, 5.41) is 0. The normalized spacial score (nSPS) is 19.1. The van der Waals surface area contributed by atoms with Gasteiger partial charge in [-0.25, -0.2) is 0 Å². The van der Waals surface area contributed by atoms with Crippen LogP contribution >= 0.6 is 0 Å². The quantitative estimate of drug-likeness (QED) is 0.630. The Balaban J connectivity index is 2.08. The molecule has 0 N–H and O–H groups in total. The van der Waals surface area contributed by atoms with Crippen molar-refractivity contribution in [3.8, 4) is 0 Å². The highest BCUT2D eigenvalue weighted by Crippen LogP contribution is 2.40. The molecule has 0 atom stereocenters. The van der Waals surface area contributed by atoms with Gasteiger partial charge in [0.25, 0.3) is 0 Å². The van der Waals surface area contributed by atoms with Crippen molar-refractivity contribution in [1.82, 2.24) is 0 Å². The second-order valence-corrected chi connectivity index (χ2v) is 4.15. The van der Waals surface area contributed by atoms with Crippen LogP contribution in [0.5, 0.6) is 0 Å². The fourth-order valence-electron chi connectivity index (χ4n) is 2.52. The van der Waals surface area contributed by atoms with E-state index in [2.05, 4.69) is 48.6 Å². The first-order valence-corrected chi connectivity index (χ1v) is 5.58. The molecule has 2 aliphatic carbocycles. The molecule has 74 valence electrons. The van der Waals surface area contributed by atoms with Gasteiger partial charge in [0.1, 0.15) is 0 Å². The minimum absolute atomic E-state index is 1.12. The Morgan fingerprint density at radius 2 is 1.73 bits per heavy atom. The van der Waals surface area contributed by atoms with Crippen LogP contribution in [-0.4, -0.2) is 0 Å². The molecule has 0 heteroatoms. The molecule has 1 aromatic rings. The topological polar surface area (TPSA) is 0 Å². The summed E-state index contributed by atoms with van der Waals surface area (Å²) in [4.78, 5) is 0. The Kier molecular flexibility index (Phi) is 2.06. The van der Waals surface area contributed by atoms with Gasteiger partial charge in [0, 0.05) is 0 Å². The summed E-state index contributed by atoms with van der Waals surface area (Å²) in [6.45, 7) is 0. The van der Waals surface area contributed by atoms with Gasteiger partial charge in [0.2, 0.25) is 0 Å². The van der Waals surface area contributed by atoms with E-state index in [1.807, 2.05) is 0 Å². The third-order valence-corrected chi connectivity index (χ3v) is 3.27. The standard InChI is InChI=1S/C15H14/c1-2-6-12(7-3-1)15-11-10-13-8-4-5-9-14(13)15/h1-8H,9-11H2. The molecule has 0 radical (unpaired) electrons. The van der Waals surface area contributed by atoms with Crippen molar-refractivity contribution in [2.45, 2.75) is 19.3 Å². The Labute approximate surface area is 90.6 Å². The molecule has 1 aromatic carbocycles. The van der Waals surface area contributed by atoms with Crippen LogP contribution in [0.4, 0.5) is 0 Å². The van der Waals surface area contributed by atoms with Gasteiger partial charge in [-0.1, -0.05) is 48.6 Å². The monoisotopic (exact) mass is 194 g/mol. The van der Waals surface area contributed by atoms with Gasteiger partial charge in [0.05, 0.1) is 0 Å². The lowest BCUT2D eigenvalue weighted by atomic mass is 9.96. The smallest absolute Gasteiger partial charge is 0.00886 e. The summed E-state index contributed by atoms with van der Waals surface area (Å²) in [6, 6.07) is 10.8. The first-order valence-electron chi connectivity index (χ1n) is 5.58. The first-order chi connectivity index (χ1) is 7.45. The fourth-order valence-corrected chi connectivity index (χ4v) is 2.52. The number of fused-ring (bicyclic) bond motifs is 1. The first kappa shape index (κ1) is 8.72. The molecule has 3 rings (SSSR count). The zero-order valence-electron chi connectivity index (χ0n) is 8.74. The summed E-state index contributed by atoms with van der Waals surface area (Å²) in [7, 11) is 0. The third kappa shape index (κ3) is 1.46. The Hall–Kier alpha value is -1.56. The van der Waals surface area contributed by atoms with Crippen molar-refractivity contribution < 1.29 is 0 Å². The molecular weight excluding hydrogens is 180 g/mol. The van der Waals surface area contributed by atoms with Crippen LogP contribution < -0.4 is 0 Å². The largest absolute Gasteiger partial charge is 0.0801 e. The average molecular weight is 194 g/mol. The molecule has 0 unspecified atom stereocenters. The molecule has 0 nitrogen and oxygen atoms in total. The average Bonchev–Trinajstić information content (AvgIpc) is 2.74. The maximum atomic E-state index is 2.27. The maximum Gasteiger partial charge on any atom is -0.00886 e. The fraction of sp³-hybridized carbons (Fsp3) is 0.200. The van der Waals surface area contributed by atoms with E-state index in [-0.39, 0.29) is 0 Å². The summed E-state index contributed by atoms with van der Waals surface area (Å²) in [5.41, 5.74) is 6.09. The molecule has 0 fully saturated rings. The lowest BCUT2D eigenvalue weighted by Gasteiger charge is -2.09. The zero-order valence-corrected chi connectivity index (χ0v) is 8.74. The second-order valence-electron chi connectivity index (χ2n) is 4.15. The van der Waals surface area contributed by atoms with Crippen molar-refractivity contribution in [3.05, 3.63) is 65.3 Å². The van der Waals surface area contributed by atoms with Crippen LogP contribution in [0.25, 0.3) is 5.57 Å². The molecule has 15 heavy (non-hydrogen) atoms. The van der Waals surface area contributed by atoms with E-state index in [9.17, 15) is 0 Å². The maximum absolute atomic E-state index is 2.27. The molecule has 0 aromatic heterocycles. The molecule has 2 aliphatic rings. The van der Waals surface area contributed by atoms with Crippen LogP contribution in [0.2, 0.25) is 0 Å². The Bertz CT molecular complexity index is 458. The van der Waals surface area contributed by atoms with Crippen molar-refractivity contribution in [2.24, 2.45) is 0 Å². The predicted octanol–water partition coefficient (Wildman–Crippen LogP) is 4.12. The molecule has 0 amide bonds. The van der Waals surface area contributed by atoms with Crippen LogP contribution in [0.15, 0.2) is 59.7 Å². The molecule has 0 saturated carbocycles. The van der Waals surface area contributed by atoms with E-state index in [1.54, 1.807) is 16.7 Å². The number of hydrogen-bond acceptors (Lipinski definition) is 0. The molecule has 0 heterocycles. The van der Waals surface area contributed by atoms with Crippen LogP contribution in [-0.2, 0) is 0 Å². The van der Waals surface area contributed by atoms with E-state index in [0.717, 1.165) is 6.42 Å². The second kappa shape index (κ2) is 3.54. The van der Waals surface area contributed by atoms with E-state index >= 15 is 0 Å². The van der Waals surface area contributed by atoms with Gasteiger partial charge in [0.15, 0.2) is 0 Å². The predicted molar refractivity (Wildman–Crippen MR) is 64.4 cm³/mol. The summed E-state index contributed by atoms with van der Waals surface area (Å²) in [5.74, 6) is 0. The minimum atomic E-state index is 1.12. The molecule has 0 spiro atoms. The van der Waals surface area contributed by atoms with E-state index in [4.69, 9.17) is 0 Å². The molecule has 0 aliphatic heterocycles. The van der Waals surface area contributed by atoms with Crippen molar-refractivity contribution in [2.75, 3.05) is 0 Å². The SMILES string of the molecule is C1=CCC2=C(c3ccccc3)CCC2=C1. The summed E-state index contributed by atoms with van der Waals surface area (Å²) in [6.07, 6.45) is 10.3. The van der Waals surface area contributed by atoms with E-state index in [1.165, 1.54) is 18.4 Å². The highest BCUT2D eigenvalue weighted by Gasteiger charge is 2.20. The Morgan fingerprint density at radius 3 is 2.60 bits per heavy atom. The number of hydrogen-bond donors (Lipinski definition) is 0. The minimum Gasteiger partial charge on any atom is -0.0801 e. The van der Waals surface area contributed by atoms with Crippen LogP contribution in [0.3, 0.4) is 0 Å². The zero-order chi connectivity index (χ0) is 10.1.